The molecule has 3 fully saturated rings. The Hall–Kier alpha value is -5.65. The van der Waals surface area contributed by atoms with Gasteiger partial charge in [0.1, 0.15) is 24.3 Å². The van der Waals surface area contributed by atoms with Gasteiger partial charge < -0.3 is 19.9 Å². The molecule has 6 aliphatic rings. The van der Waals surface area contributed by atoms with Gasteiger partial charge in [-0.05, 0) is 97.9 Å². The molecule has 5 amide bonds. The molecule has 0 bridgehead atoms. The highest BCUT2D eigenvalue weighted by Gasteiger charge is 2.47. The second-order valence-corrected chi connectivity index (χ2v) is 18.7. The number of amides is 5. The number of nitrogens with zero attached hydrogens (tertiary/aromatic N) is 5. The van der Waals surface area contributed by atoms with Crippen LogP contribution in [0.3, 0.4) is 0 Å². The van der Waals surface area contributed by atoms with E-state index in [0.29, 0.717) is 57.1 Å². The van der Waals surface area contributed by atoms with Crippen LogP contribution in [0.2, 0.25) is 0 Å². The Morgan fingerprint density at radius 1 is 0.891 bits per heavy atom. The van der Waals surface area contributed by atoms with Gasteiger partial charge in [-0.2, -0.15) is 0 Å². The number of alkyl halides is 2. The molecule has 0 aliphatic carbocycles. The third-order valence-corrected chi connectivity index (χ3v) is 14.8. The van der Waals surface area contributed by atoms with Crippen molar-refractivity contribution in [3.63, 3.8) is 0 Å². The molecule has 3 unspecified atom stereocenters. The summed E-state index contributed by atoms with van der Waals surface area (Å²) in [5.74, 6) is -7.38. The predicted molar refractivity (Wildman–Crippen MR) is 225 cm³/mol. The van der Waals surface area contributed by atoms with E-state index in [1.807, 2.05) is 39.0 Å². The summed E-state index contributed by atoms with van der Waals surface area (Å²) in [6, 6.07) is 10.7. The molecule has 1 aromatic heterocycles. The minimum absolute atomic E-state index is 0.0135. The zero-order chi connectivity index (χ0) is 44.8. The highest BCUT2D eigenvalue weighted by molar-refractivity contribution is 6.23. The minimum Gasteiger partial charge on any atom is -0.390 e. The molecular formula is C47H49F4N7O6. The first kappa shape index (κ1) is 42.3. The lowest BCUT2D eigenvalue weighted by molar-refractivity contribution is -0.137. The number of carbonyl (C=O) groups is 5. The molecule has 336 valence electrons. The van der Waals surface area contributed by atoms with E-state index in [-0.39, 0.29) is 47.4 Å². The molecule has 10 rings (SSSR count). The maximum Gasteiger partial charge on any atom is 0.283 e. The number of fused-ring (bicyclic) bond motifs is 5. The number of imide groups is 2. The second-order valence-electron chi connectivity index (χ2n) is 18.7. The number of halogens is 4. The summed E-state index contributed by atoms with van der Waals surface area (Å²) in [6.07, 6.45) is 3.63. The summed E-state index contributed by atoms with van der Waals surface area (Å²) in [5, 5.41) is 12.6. The molecule has 4 aromatic rings. The van der Waals surface area contributed by atoms with Gasteiger partial charge in [-0.15, -0.1) is 0 Å². The lowest BCUT2D eigenvalue weighted by Gasteiger charge is -2.47. The monoisotopic (exact) mass is 883 g/mol. The number of likely N-dealkylation sites (tertiary alicyclic amines) is 1. The largest absolute Gasteiger partial charge is 0.390 e. The molecule has 17 heteroatoms. The zero-order valence-corrected chi connectivity index (χ0v) is 35.4. The molecule has 64 heavy (non-hydrogen) atoms. The van der Waals surface area contributed by atoms with Crippen molar-refractivity contribution >= 4 is 46.1 Å². The van der Waals surface area contributed by atoms with Crippen molar-refractivity contribution in [2.45, 2.75) is 89.0 Å². The predicted octanol–water partition coefficient (Wildman–Crippen LogP) is 5.04. The summed E-state index contributed by atoms with van der Waals surface area (Å²) in [4.78, 5) is 75.8. The van der Waals surface area contributed by atoms with E-state index in [1.165, 1.54) is 17.0 Å². The van der Waals surface area contributed by atoms with E-state index < -0.39 is 72.5 Å². The third-order valence-electron chi connectivity index (χ3n) is 14.8. The minimum atomic E-state index is -3.49. The standard InChI is InChI=1S/C47H49F4N7O6/c1-26-16-31-30-4-2-3-5-36(30)52-41(31)42(57(26)24-47(50,51)25-59)40-34(48)19-29(20-35(40)49)55-12-8-46(9-13-55)10-14-56(15-11-46)39(61)23-54-21-27-17-32-33(18-28(27)22-54)45(64)58(44(32)63)37-6-7-38(60)53-43(37)62/h2-5,17-20,26,37,42,52,59H,6-16,21-25H2,1H3,(H,53,60,62). The Balaban J connectivity index is 0.765. The van der Waals surface area contributed by atoms with E-state index in [4.69, 9.17) is 0 Å². The number of aromatic amines is 1. The van der Waals surface area contributed by atoms with Crippen LogP contribution in [0.5, 0.6) is 0 Å². The van der Waals surface area contributed by atoms with Crippen molar-refractivity contribution in [3.05, 3.63) is 99.2 Å². The average molecular weight is 884 g/mol. The van der Waals surface area contributed by atoms with E-state index >= 15 is 8.78 Å². The fraction of sp³-hybridized carbons (Fsp3) is 0.468. The molecule has 0 saturated carbocycles. The second kappa shape index (κ2) is 15.8. The topological polar surface area (TPSA) is 150 Å². The van der Waals surface area contributed by atoms with E-state index in [9.17, 15) is 37.9 Å². The molecule has 7 heterocycles. The van der Waals surface area contributed by atoms with Gasteiger partial charge in [0.2, 0.25) is 17.7 Å². The molecule has 1 spiro atoms. The first-order valence-corrected chi connectivity index (χ1v) is 22.1. The molecule has 6 aliphatic heterocycles. The molecule has 13 nitrogen and oxygen atoms in total. The van der Waals surface area contributed by atoms with Gasteiger partial charge in [-0.1, -0.05) is 18.2 Å². The molecule has 3 atom stereocenters. The lowest BCUT2D eigenvalue weighted by atomic mass is 9.71. The van der Waals surface area contributed by atoms with Crippen LogP contribution in [-0.2, 0) is 33.9 Å². The number of nitrogens with one attached hydrogen (secondary N) is 2. The van der Waals surface area contributed by atoms with Crippen molar-refractivity contribution in [1.82, 2.24) is 29.9 Å². The number of anilines is 1. The fourth-order valence-electron chi connectivity index (χ4n) is 11.2. The number of rotatable bonds is 8. The maximum absolute atomic E-state index is 16.5. The van der Waals surface area contributed by atoms with Crippen molar-refractivity contribution in [1.29, 1.82) is 0 Å². The summed E-state index contributed by atoms with van der Waals surface area (Å²) in [7, 11) is 0. The van der Waals surface area contributed by atoms with Gasteiger partial charge in [-0.3, -0.25) is 44.0 Å². The number of hydrogen-bond acceptors (Lipinski definition) is 9. The molecule has 0 radical (unpaired) electrons. The van der Waals surface area contributed by atoms with Crippen LogP contribution in [0, 0.1) is 17.0 Å². The highest BCUT2D eigenvalue weighted by Crippen LogP contribution is 2.46. The fourth-order valence-corrected chi connectivity index (χ4v) is 11.2. The Morgan fingerprint density at radius 2 is 1.52 bits per heavy atom. The number of aliphatic hydroxyl groups excluding tert-OH is 1. The molecule has 3 aromatic carbocycles. The molecule has 3 saturated heterocycles. The first-order chi connectivity index (χ1) is 30.6. The van der Waals surface area contributed by atoms with Crippen LogP contribution in [-0.4, -0.2) is 123 Å². The number of aliphatic hydroxyl groups is 1. The van der Waals surface area contributed by atoms with Gasteiger partial charge in [-0.25, -0.2) is 17.6 Å². The van der Waals surface area contributed by atoms with Crippen LogP contribution in [0.4, 0.5) is 23.2 Å². The van der Waals surface area contributed by atoms with Gasteiger partial charge in [0, 0.05) is 79.6 Å². The number of H-pyrrole nitrogens is 1. The van der Waals surface area contributed by atoms with Crippen LogP contribution < -0.4 is 10.2 Å². The Labute approximate surface area is 366 Å². The smallest absolute Gasteiger partial charge is 0.283 e. The Morgan fingerprint density at radius 3 is 2.14 bits per heavy atom. The quantitative estimate of drug-likeness (QED) is 0.164. The van der Waals surface area contributed by atoms with Crippen LogP contribution in [0.1, 0.15) is 100 Å². The van der Waals surface area contributed by atoms with E-state index in [0.717, 1.165) is 58.2 Å². The van der Waals surface area contributed by atoms with Crippen LogP contribution >= 0.6 is 0 Å². The van der Waals surface area contributed by atoms with Gasteiger partial charge in [0.05, 0.1) is 30.3 Å². The number of benzene rings is 3. The maximum atomic E-state index is 16.5. The lowest BCUT2D eigenvalue weighted by Crippen LogP contribution is -2.54. The summed E-state index contributed by atoms with van der Waals surface area (Å²) in [5.41, 5.74) is 4.21. The number of para-hydroxylation sites is 1. The average Bonchev–Trinajstić information content (AvgIpc) is 3.91. The van der Waals surface area contributed by atoms with Gasteiger partial charge in [0.25, 0.3) is 17.7 Å². The summed E-state index contributed by atoms with van der Waals surface area (Å²) < 4.78 is 62.5. The van der Waals surface area contributed by atoms with E-state index in [1.54, 1.807) is 19.1 Å². The summed E-state index contributed by atoms with van der Waals surface area (Å²) >= 11 is 0. The number of carbonyl (C=O) groups excluding carboxylic acids is 5. The van der Waals surface area contributed by atoms with Crippen molar-refractivity contribution in [2.75, 3.05) is 50.8 Å². The normalized spacial score (nSPS) is 23.8. The Kier molecular flexibility index (Phi) is 10.4. The molecule has 3 N–H and O–H groups in total. The van der Waals surface area contributed by atoms with Gasteiger partial charge >= 0.3 is 0 Å². The molecular weight excluding hydrogens is 835 g/mol. The number of aromatic nitrogens is 1. The van der Waals surface area contributed by atoms with Crippen LogP contribution in [0.25, 0.3) is 10.9 Å². The van der Waals surface area contributed by atoms with Gasteiger partial charge in [0.15, 0.2) is 0 Å². The third kappa shape index (κ3) is 7.25. The SMILES string of the molecule is CC1Cc2c([nH]c3ccccc23)C(c2c(F)cc(N3CCC4(CCN(C(=O)CN5Cc6cc7c(cc6C5)C(=O)N(C5CCC(=O)NC5=O)C7=O)CC4)CC3)cc2F)N1CC(F)(F)CO. The number of piperidine rings is 3. The van der Waals surface area contributed by atoms with Crippen molar-refractivity contribution in [2.24, 2.45) is 5.41 Å². The zero-order valence-electron chi connectivity index (χ0n) is 35.4. The summed E-state index contributed by atoms with van der Waals surface area (Å²) in [6.45, 7) is 2.77. The van der Waals surface area contributed by atoms with E-state index in [2.05, 4.69) is 10.3 Å². The van der Waals surface area contributed by atoms with Crippen molar-refractivity contribution < 1.29 is 46.6 Å². The first-order valence-electron chi connectivity index (χ1n) is 22.1. The highest BCUT2D eigenvalue weighted by atomic mass is 19.3. The Bertz CT molecular complexity index is 2550. The van der Waals surface area contributed by atoms with Crippen LogP contribution in [0.15, 0.2) is 48.5 Å². The number of hydrogen-bond donors (Lipinski definition) is 3. The van der Waals surface area contributed by atoms with Crippen molar-refractivity contribution in [3.8, 4) is 0 Å².